The van der Waals surface area contributed by atoms with E-state index in [1.54, 1.807) is 0 Å². The predicted molar refractivity (Wildman–Crippen MR) is 111 cm³/mol. The van der Waals surface area contributed by atoms with E-state index in [1.807, 2.05) is 48.5 Å². The van der Waals surface area contributed by atoms with Crippen LogP contribution in [-0.4, -0.2) is 32.6 Å². The molecule has 2 aromatic carbocycles. The average Bonchev–Trinajstić information content (AvgIpc) is 3.06. The van der Waals surface area contributed by atoms with Gasteiger partial charge in [0.05, 0.1) is 22.3 Å². The van der Waals surface area contributed by atoms with Gasteiger partial charge < -0.3 is 5.32 Å². The highest BCUT2D eigenvalue weighted by Crippen LogP contribution is 2.28. The number of fused-ring (bicyclic) bond motifs is 5. The largest absolute Gasteiger partial charge is 0.355 e. The van der Waals surface area contributed by atoms with Crippen LogP contribution in [0.15, 0.2) is 53.7 Å². The first-order valence-electron chi connectivity index (χ1n) is 9.19. The maximum absolute atomic E-state index is 12.2. The fourth-order valence-corrected chi connectivity index (χ4v) is 3.93. The van der Waals surface area contributed by atoms with Gasteiger partial charge in [0.25, 0.3) is 0 Å². The van der Waals surface area contributed by atoms with Crippen molar-refractivity contribution in [1.29, 1.82) is 0 Å². The summed E-state index contributed by atoms with van der Waals surface area (Å²) in [6, 6.07) is 16.0. The Kier molecular flexibility index (Phi) is 4.99. The van der Waals surface area contributed by atoms with Gasteiger partial charge >= 0.3 is 0 Å². The molecule has 0 aliphatic heterocycles. The minimum atomic E-state index is 0.0354. The van der Waals surface area contributed by atoms with Crippen molar-refractivity contribution in [2.45, 2.75) is 25.4 Å². The number of imidazole rings is 1. The van der Waals surface area contributed by atoms with Crippen LogP contribution in [-0.2, 0) is 4.79 Å². The molecular weight excluding hydrogens is 356 g/mol. The van der Waals surface area contributed by atoms with Gasteiger partial charge in [-0.05, 0) is 36.6 Å². The van der Waals surface area contributed by atoms with Crippen LogP contribution in [0.1, 0.15) is 20.3 Å². The smallest absolute Gasteiger partial charge is 0.230 e. The van der Waals surface area contributed by atoms with Crippen molar-refractivity contribution in [3.8, 4) is 0 Å². The molecule has 0 fully saturated rings. The summed E-state index contributed by atoms with van der Waals surface area (Å²) in [5, 5.41) is 4.79. The summed E-state index contributed by atoms with van der Waals surface area (Å²) in [5.41, 5.74) is 3.71. The SMILES string of the molecule is CC(C)CCNC(=O)CSc1nc2ccccc2c2nc3ccccc3n12. The molecule has 2 heterocycles. The molecule has 2 aromatic heterocycles. The lowest BCUT2D eigenvalue weighted by Gasteiger charge is -2.09. The molecule has 1 N–H and O–H groups in total. The van der Waals surface area contributed by atoms with Crippen molar-refractivity contribution in [2.75, 3.05) is 12.3 Å². The number of aromatic nitrogens is 3. The van der Waals surface area contributed by atoms with E-state index in [-0.39, 0.29) is 5.91 Å². The van der Waals surface area contributed by atoms with Gasteiger partial charge in [0.2, 0.25) is 5.91 Å². The lowest BCUT2D eigenvalue weighted by atomic mass is 10.1. The molecule has 0 radical (unpaired) electrons. The molecule has 0 saturated carbocycles. The van der Waals surface area contributed by atoms with Crippen molar-refractivity contribution < 1.29 is 4.79 Å². The Balaban J connectivity index is 1.69. The third kappa shape index (κ3) is 3.62. The Morgan fingerprint density at radius 3 is 2.63 bits per heavy atom. The van der Waals surface area contributed by atoms with Crippen LogP contribution in [0.4, 0.5) is 0 Å². The Labute approximate surface area is 162 Å². The second-order valence-corrected chi connectivity index (χ2v) is 7.93. The number of amides is 1. The van der Waals surface area contributed by atoms with Crippen LogP contribution in [0.25, 0.3) is 27.6 Å². The van der Waals surface area contributed by atoms with Gasteiger partial charge in [-0.25, -0.2) is 9.97 Å². The molecule has 138 valence electrons. The molecule has 6 heteroatoms. The van der Waals surface area contributed by atoms with Crippen LogP contribution in [0.3, 0.4) is 0 Å². The zero-order valence-corrected chi connectivity index (χ0v) is 16.3. The fraction of sp³-hybridized carbons (Fsp3) is 0.286. The van der Waals surface area contributed by atoms with Crippen LogP contribution in [0.5, 0.6) is 0 Å². The van der Waals surface area contributed by atoms with Gasteiger partial charge in [-0.2, -0.15) is 0 Å². The molecule has 0 aliphatic carbocycles. The molecular formula is C21H22N4OS. The normalized spacial score (nSPS) is 11.7. The zero-order valence-electron chi connectivity index (χ0n) is 15.5. The lowest BCUT2D eigenvalue weighted by molar-refractivity contribution is -0.118. The lowest BCUT2D eigenvalue weighted by Crippen LogP contribution is -2.27. The monoisotopic (exact) mass is 378 g/mol. The van der Waals surface area contributed by atoms with Gasteiger partial charge in [0.1, 0.15) is 5.65 Å². The summed E-state index contributed by atoms with van der Waals surface area (Å²) in [6.07, 6.45) is 0.987. The van der Waals surface area contributed by atoms with E-state index in [0.717, 1.165) is 39.2 Å². The molecule has 0 unspecified atom stereocenters. The minimum absolute atomic E-state index is 0.0354. The number of hydrogen-bond acceptors (Lipinski definition) is 4. The van der Waals surface area contributed by atoms with Crippen molar-refractivity contribution >= 4 is 45.3 Å². The minimum Gasteiger partial charge on any atom is -0.355 e. The molecule has 4 aromatic rings. The highest BCUT2D eigenvalue weighted by molar-refractivity contribution is 7.99. The first kappa shape index (κ1) is 17.8. The number of para-hydroxylation sites is 3. The summed E-state index contributed by atoms with van der Waals surface area (Å²) >= 11 is 1.45. The number of hydrogen-bond donors (Lipinski definition) is 1. The molecule has 1 amide bonds. The predicted octanol–water partition coefficient (Wildman–Crippen LogP) is 4.29. The number of nitrogens with one attached hydrogen (secondary N) is 1. The van der Waals surface area contributed by atoms with Crippen LogP contribution >= 0.6 is 11.8 Å². The van der Waals surface area contributed by atoms with Crippen LogP contribution < -0.4 is 5.32 Å². The molecule has 0 spiro atoms. The summed E-state index contributed by atoms with van der Waals surface area (Å²) < 4.78 is 2.06. The third-order valence-electron chi connectivity index (χ3n) is 4.49. The van der Waals surface area contributed by atoms with Crippen molar-refractivity contribution in [3.05, 3.63) is 48.5 Å². The van der Waals surface area contributed by atoms with Gasteiger partial charge in [0.15, 0.2) is 5.16 Å². The number of nitrogens with zero attached hydrogens (tertiary/aromatic N) is 3. The van der Waals surface area contributed by atoms with E-state index in [2.05, 4.69) is 23.6 Å². The van der Waals surface area contributed by atoms with Gasteiger partial charge in [-0.15, -0.1) is 0 Å². The van der Waals surface area contributed by atoms with Crippen molar-refractivity contribution in [3.63, 3.8) is 0 Å². The van der Waals surface area contributed by atoms with E-state index in [4.69, 9.17) is 9.97 Å². The number of carbonyl (C=O) groups is 1. The van der Waals surface area contributed by atoms with Gasteiger partial charge in [-0.1, -0.05) is 49.9 Å². The summed E-state index contributed by atoms with van der Waals surface area (Å²) in [5.74, 6) is 0.954. The van der Waals surface area contributed by atoms with Crippen LogP contribution in [0, 0.1) is 5.92 Å². The molecule has 4 rings (SSSR count). The van der Waals surface area contributed by atoms with Gasteiger partial charge in [0, 0.05) is 11.9 Å². The standard InChI is InChI=1S/C21H22N4OS/c1-14(2)11-12-22-19(26)13-27-21-24-16-8-4-3-7-15(16)20-23-17-9-5-6-10-18(17)25(20)21/h3-10,14H,11-13H2,1-2H3,(H,22,26). The molecule has 0 aliphatic rings. The maximum atomic E-state index is 12.2. The Morgan fingerprint density at radius 2 is 1.81 bits per heavy atom. The van der Waals surface area contributed by atoms with Crippen molar-refractivity contribution in [2.24, 2.45) is 5.92 Å². The Bertz CT molecular complexity index is 1120. The average molecular weight is 379 g/mol. The Morgan fingerprint density at radius 1 is 1.07 bits per heavy atom. The van der Waals surface area contributed by atoms with E-state index in [0.29, 0.717) is 18.2 Å². The molecule has 0 bridgehead atoms. The van der Waals surface area contributed by atoms with E-state index in [9.17, 15) is 4.79 Å². The highest BCUT2D eigenvalue weighted by atomic mass is 32.2. The first-order valence-corrected chi connectivity index (χ1v) is 10.2. The zero-order chi connectivity index (χ0) is 18.8. The van der Waals surface area contributed by atoms with E-state index < -0.39 is 0 Å². The summed E-state index contributed by atoms with van der Waals surface area (Å²) in [4.78, 5) is 21.8. The highest BCUT2D eigenvalue weighted by Gasteiger charge is 2.15. The second kappa shape index (κ2) is 7.56. The number of carbonyl (C=O) groups excluding carboxylic acids is 1. The number of benzene rings is 2. The molecule has 0 saturated heterocycles. The second-order valence-electron chi connectivity index (χ2n) is 6.99. The van der Waals surface area contributed by atoms with Gasteiger partial charge in [-0.3, -0.25) is 9.20 Å². The van der Waals surface area contributed by atoms with Crippen molar-refractivity contribution in [1.82, 2.24) is 19.7 Å². The van der Waals surface area contributed by atoms with E-state index in [1.165, 1.54) is 11.8 Å². The molecule has 0 atom stereocenters. The fourth-order valence-electron chi connectivity index (χ4n) is 3.09. The quantitative estimate of drug-likeness (QED) is 0.402. The first-order chi connectivity index (χ1) is 13.1. The van der Waals surface area contributed by atoms with Crippen LogP contribution in [0.2, 0.25) is 0 Å². The summed E-state index contributed by atoms with van der Waals surface area (Å²) in [7, 11) is 0. The number of thioether (sulfide) groups is 1. The molecule has 5 nitrogen and oxygen atoms in total. The number of rotatable bonds is 6. The Hall–Kier alpha value is -2.60. The van der Waals surface area contributed by atoms with E-state index >= 15 is 0 Å². The summed E-state index contributed by atoms with van der Waals surface area (Å²) in [6.45, 7) is 5.02. The topological polar surface area (TPSA) is 59.3 Å². The molecule has 27 heavy (non-hydrogen) atoms. The maximum Gasteiger partial charge on any atom is 0.230 e. The third-order valence-corrected chi connectivity index (χ3v) is 5.43.